The van der Waals surface area contributed by atoms with E-state index in [9.17, 15) is 4.79 Å². The van der Waals surface area contributed by atoms with Crippen LogP contribution in [0.3, 0.4) is 0 Å². The molecule has 0 spiro atoms. The Morgan fingerprint density at radius 3 is 3.05 bits per heavy atom. The van der Waals surface area contributed by atoms with Gasteiger partial charge in [0.1, 0.15) is 0 Å². The number of hydrogen-bond donors (Lipinski definition) is 1. The Bertz CT molecular complexity index is 679. The zero-order valence-corrected chi connectivity index (χ0v) is 13.3. The summed E-state index contributed by atoms with van der Waals surface area (Å²) < 4.78 is 1.97. The van der Waals surface area contributed by atoms with Crippen LogP contribution >= 0.6 is 11.6 Å². The van der Waals surface area contributed by atoms with Crippen LogP contribution < -0.4 is 4.57 Å². The summed E-state index contributed by atoms with van der Waals surface area (Å²) in [5.41, 5.74) is 3.24. The van der Waals surface area contributed by atoms with E-state index in [2.05, 4.69) is 37.0 Å². The molecule has 1 fully saturated rings. The molecule has 5 heteroatoms. The van der Waals surface area contributed by atoms with Crippen LogP contribution in [-0.4, -0.2) is 22.3 Å². The normalized spacial score (nSPS) is 18.9. The van der Waals surface area contributed by atoms with Crippen LogP contribution in [0.5, 0.6) is 0 Å². The number of H-pyrrole nitrogens is 1. The van der Waals surface area contributed by atoms with Crippen LogP contribution in [0.25, 0.3) is 11.0 Å². The van der Waals surface area contributed by atoms with Gasteiger partial charge in [-0.05, 0) is 37.0 Å². The number of nitrogens with one attached hydrogen (secondary N) is 1. The molecule has 4 nitrogen and oxygen atoms in total. The first-order valence-electron chi connectivity index (χ1n) is 7.54. The summed E-state index contributed by atoms with van der Waals surface area (Å²) in [4.78, 5) is 17.2. The molecule has 1 aromatic heterocycles. The van der Waals surface area contributed by atoms with Crippen molar-refractivity contribution < 1.29 is 9.36 Å². The first-order chi connectivity index (χ1) is 10.1. The van der Waals surface area contributed by atoms with E-state index < -0.39 is 0 Å². The molecule has 2 aromatic rings. The van der Waals surface area contributed by atoms with E-state index >= 15 is 0 Å². The molecule has 1 saturated heterocycles. The summed E-state index contributed by atoms with van der Waals surface area (Å²) in [7, 11) is 0. The van der Waals surface area contributed by atoms with E-state index in [1.54, 1.807) is 0 Å². The SMILES string of the molecule is CCCC1CC(=O)N(C[n+]2c(Cl)[nH]c3cc(C)ccc32)C1. The number of rotatable bonds is 4. The Morgan fingerprint density at radius 1 is 1.48 bits per heavy atom. The number of aryl methyl sites for hydroxylation is 1. The molecular weight excluding hydrogens is 286 g/mol. The minimum atomic E-state index is 0.235. The van der Waals surface area contributed by atoms with Crippen molar-refractivity contribution in [3.05, 3.63) is 29.0 Å². The van der Waals surface area contributed by atoms with Crippen molar-refractivity contribution in [1.29, 1.82) is 0 Å². The first-order valence-corrected chi connectivity index (χ1v) is 7.91. The number of hydrogen-bond acceptors (Lipinski definition) is 1. The molecule has 0 aliphatic carbocycles. The summed E-state index contributed by atoms with van der Waals surface area (Å²) in [5.74, 6) is 0.729. The van der Waals surface area contributed by atoms with Gasteiger partial charge in [-0.1, -0.05) is 19.4 Å². The molecule has 1 aliphatic heterocycles. The molecule has 1 amide bonds. The van der Waals surface area contributed by atoms with Gasteiger partial charge in [-0.25, -0.2) is 4.98 Å². The highest BCUT2D eigenvalue weighted by atomic mass is 35.5. The van der Waals surface area contributed by atoms with Crippen molar-refractivity contribution in [1.82, 2.24) is 9.88 Å². The highest BCUT2D eigenvalue weighted by Gasteiger charge is 2.31. The summed E-state index contributed by atoms with van der Waals surface area (Å²) in [6, 6.07) is 6.19. The summed E-state index contributed by atoms with van der Waals surface area (Å²) in [6.07, 6.45) is 2.92. The molecular formula is C16H21ClN3O+. The average molecular weight is 307 g/mol. The number of aromatic nitrogens is 2. The van der Waals surface area contributed by atoms with Crippen molar-refractivity contribution in [2.45, 2.75) is 39.8 Å². The smallest absolute Gasteiger partial charge is 0.306 e. The zero-order valence-electron chi connectivity index (χ0n) is 12.5. The van der Waals surface area contributed by atoms with Gasteiger partial charge in [0.25, 0.3) is 0 Å². The number of likely N-dealkylation sites (tertiary alicyclic amines) is 1. The zero-order chi connectivity index (χ0) is 15.0. The van der Waals surface area contributed by atoms with Crippen LogP contribution in [0.4, 0.5) is 0 Å². The molecule has 1 aromatic carbocycles. The molecule has 0 radical (unpaired) electrons. The minimum Gasteiger partial charge on any atom is -0.306 e. The second-order valence-electron chi connectivity index (χ2n) is 5.98. The highest BCUT2D eigenvalue weighted by Crippen LogP contribution is 2.23. The fourth-order valence-electron chi connectivity index (χ4n) is 3.17. The van der Waals surface area contributed by atoms with Crippen LogP contribution in [0.1, 0.15) is 31.7 Å². The van der Waals surface area contributed by atoms with Gasteiger partial charge in [-0.2, -0.15) is 4.57 Å². The number of fused-ring (bicyclic) bond motifs is 1. The molecule has 0 saturated carbocycles. The third-order valence-corrected chi connectivity index (χ3v) is 4.52. The number of imidazole rings is 1. The van der Waals surface area contributed by atoms with Gasteiger partial charge in [0, 0.05) is 24.6 Å². The molecule has 1 aliphatic rings. The average Bonchev–Trinajstić information content (AvgIpc) is 2.91. The molecule has 112 valence electrons. The van der Waals surface area contributed by atoms with Crippen molar-refractivity contribution in [2.75, 3.05) is 6.54 Å². The predicted molar refractivity (Wildman–Crippen MR) is 83.0 cm³/mol. The molecule has 1 unspecified atom stereocenters. The van der Waals surface area contributed by atoms with Gasteiger partial charge in [-0.3, -0.25) is 4.79 Å². The summed E-state index contributed by atoms with van der Waals surface area (Å²) >= 11 is 6.31. The Balaban J connectivity index is 1.85. The van der Waals surface area contributed by atoms with Crippen molar-refractivity contribution in [3.63, 3.8) is 0 Å². The lowest BCUT2D eigenvalue weighted by Crippen LogP contribution is -2.44. The lowest BCUT2D eigenvalue weighted by Gasteiger charge is -2.14. The number of benzene rings is 1. The van der Waals surface area contributed by atoms with Crippen molar-refractivity contribution in [2.24, 2.45) is 5.92 Å². The molecule has 1 atom stereocenters. The van der Waals surface area contributed by atoms with E-state index in [1.807, 2.05) is 9.47 Å². The van der Waals surface area contributed by atoms with E-state index in [4.69, 9.17) is 11.6 Å². The Hall–Kier alpha value is -1.55. The first kappa shape index (κ1) is 14.4. The minimum absolute atomic E-state index is 0.235. The van der Waals surface area contributed by atoms with Gasteiger partial charge < -0.3 is 4.90 Å². The predicted octanol–water partition coefficient (Wildman–Crippen LogP) is 3.02. The van der Waals surface area contributed by atoms with Crippen LogP contribution in [0, 0.1) is 12.8 Å². The monoisotopic (exact) mass is 306 g/mol. The van der Waals surface area contributed by atoms with E-state index in [-0.39, 0.29) is 5.91 Å². The Labute approximate surface area is 129 Å². The summed E-state index contributed by atoms with van der Waals surface area (Å²) in [6.45, 7) is 5.59. The van der Waals surface area contributed by atoms with Gasteiger partial charge in [-0.15, -0.1) is 0 Å². The number of nitrogens with zero attached hydrogens (tertiary/aromatic N) is 2. The maximum atomic E-state index is 12.1. The van der Waals surface area contributed by atoms with Gasteiger partial charge >= 0.3 is 5.28 Å². The quantitative estimate of drug-likeness (QED) is 0.867. The van der Waals surface area contributed by atoms with E-state index in [1.165, 1.54) is 5.56 Å². The Kier molecular flexibility index (Phi) is 3.89. The van der Waals surface area contributed by atoms with Gasteiger partial charge in [0.15, 0.2) is 17.7 Å². The third-order valence-electron chi connectivity index (χ3n) is 4.22. The van der Waals surface area contributed by atoms with E-state index in [0.29, 0.717) is 24.3 Å². The highest BCUT2D eigenvalue weighted by molar-refractivity contribution is 6.27. The van der Waals surface area contributed by atoms with Crippen LogP contribution in [0.15, 0.2) is 18.2 Å². The largest absolute Gasteiger partial charge is 0.354 e. The fraction of sp³-hybridized carbons (Fsp3) is 0.500. The van der Waals surface area contributed by atoms with Crippen molar-refractivity contribution >= 4 is 28.5 Å². The second kappa shape index (κ2) is 5.68. The number of carbonyl (C=O) groups is 1. The lowest BCUT2D eigenvalue weighted by molar-refractivity contribution is -0.685. The molecule has 3 rings (SSSR count). The second-order valence-corrected chi connectivity index (χ2v) is 6.34. The fourth-order valence-corrected chi connectivity index (χ4v) is 3.42. The molecule has 2 heterocycles. The number of amides is 1. The van der Waals surface area contributed by atoms with Crippen molar-refractivity contribution in [3.8, 4) is 0 Å². The maximum absolute atomic E-state index is 12.1. The topological polar surface area (TPSA) is 40.0 Å². The van der Waals surface area contributed by atoms with Gasteiger partial charge in [0.05, 0.1) is 0 Å². The number of aromatic amines is 1. The number of carbonyl (C=O) groups excluding carboxylic acids is 1. The van der Waals surface area contributed by atoms with Crippen LogP contribution in [0.2, 0.25) is 5.28 Å². The molecule has 0 bridgehead atoms. The molecule has 21 heavy (non-hydrogen) atoms. The maximum Gasteiger partial charge on any atom is 0.354 e. The summed E-state index contributed by atoms with van der Waals surface area (Å²) in [5, 5.41) is 0.572. The number of halogens is 1. The van der Waals surface area contributed by atoms with E-state index in [0.717, 1.165) is 30.4 Å². The lowest BCUT2D eigenvalue weighted by atomic mass is 10.0. The van der Waals surface area contributed by atoms with Crippen LogP contribution in [-0.2, 0) is 11.5 Å². The standard InChI is InChI=1S/C16H20ClN3O/c1-3-4-12-8-15(21)19(9-12)10-20-14-6-5-11(2)7-13(14)18-16(20)17/h5-7,12H,3-4,8-10H2,1-2H3/p+1. The Morgan fingerprint density at radius 2 is 2.29 bits per heavy atom. The molecule has 1 N–H and O–H groups in total. The third kappa shape index (κ3) is 2.77. The van der Waals surface area contributed by atoms with Gasteiger partial charge in [0.2, 0.25) is 5.91 Å².